The molecule has 182 valence electrons. The first-order chi connectivity index (χ1) is 16.4. The molecule has 1 atom stereocenters. The quantitative estimate of drug-likeness (QED) is 0.396. The molecule has 2 fully saturated rings. The summed E-state index contributed by atoms with van der Waals surface area (Å²) < 4.78 is 35.0. The second-order valence-corrected chi connectivity index (χ2v) is 9.74. The summed E-state index contributed by atoms with van der Waals surface area (Å²) in [5, 5.41) is 3.06. The maximum atomic E-state index is 13.6. The second-order valence-electron chi connectivity index (χ2n) is 9.74. The Morgan fingerprint density at radius 3 is 2.79 bits per heavy atom. The molecule has 1 aromatic heterocycles. The molecule has 0 radical (unpaired) electrons. The Labute approximate surface area is 199 Å². The van der Waals surface area contributed by atoms with E-state index in [0.717, 1.165) is 48.1 Å². The molecule has 1 aliphatic carbocycles. The lowest BCUT2D eigenvalue weighted by Gasteiger charge is -2.59. The van der Waals surface area contributed by atoms with E-state index in [1.165, 1.54) is 6.21 Å². The third-order valence-electron chi connectivity index (χ3n) is 7.37. The largest absolute Gasteiger partial charge is 0.934 e. The van der Waals surface area contributed by atoms with Crippen LogP contribution in [0.15, 0.2) is 36.2 Å². The molecule has 34 heavy (non-hydrogen) atoms. The molecule has 1 spiro atoms. The molecule has 1 unspecified atom stereocenters. The van der Waals surface area contributed by atoms with Gasteiger partial charge in [-0.1, -0.05) is 0 Å². The summed E-state index contributed by atoms with van der Waals surface area (Å²) in [7, 11) is 1.15. The summed E-state index contributed by atoms with van der Waals surface area (Å²) in [5.74, 6) is 0.545. The van der Waals surface area contributed by atoms with Gasteiger partial charge in [-0.25, -0.2) is 13.1 Å². The van der Waals surface area contributed by atoms with Crippen LogP contribution >= 0.6 is 0 Å². The predicted molar refractivity (Wildman–Crippen MR) is 126 cm³/mol. The smallest absolute Gasteiger partial charge is 0.466 e. The van der Waals surface area contributed by atoms with E-state index in [0.29, 0.717) is 30.9 Å². The van der Waals surface area contributed by atoms with Crippen molar-refractivity contribution in [3.05, 3.63) is 41.9 Å². The maximum Gasteiger partial charge on any atom is 0.934 e. The van der Waals surface area contributed by atoms with E-state index in [2.05, 4.69) is 5.32 Å². The zero-order chi connectivity index (χ0) is 24.3. The molecule has 1 saturated heterocycles. The number of halogens is 2. The number of aromatic nitrogens is 1. The van der Waals surface area contributed by atoms with Crippen molar-refractivity contribution < 1.29 is 27.4 Å². The minimum atomic E-state index is -2.58. The Morgan fingerprint density at radius 2 is 2.18 bits per heavy atom. The Bertz CT molecular complexity index is 1010. The Morgan fingerprint density at radius 1 is 1.41 bits per heavy atom. The molecule has 0 aromatic carbocycles. The lowest BCUT2D eigenvalue weighted by Crippen LogP contribution is -2.63. The average Bonchev–Trinajstić information content (AvgIpc) is 3.41. The normalized spacial score (nSPS) is 21.1. The molecule has 10 heteroatoms. The van der Waals surface area contributed by atoms with Gasteiger partial charge in [-0.3, -0.25) is 9.59 Å². The molecule has 4 rings (SSSR count). The van der Waals surface area contributed by atoms with Crippen LogP contribution in [-0.2, 0) is 21.4 Å². The minimum absolute atomic E-state index is 0.0314. The molecule has 0 bridgehead atoms. The Hall–Kier alpha value is -2.75. The molecule has 1 aromatic rings. The molecule has 1 saturated carbocycles. The van der Waals surface area contributed by atoms with E-state index in [9.17, 15) is 18.2 Å². The number of allylic oxidation sites excluding steroid dienone is 3. The van der Waals surface area contributed by atoms with Gasteiger partial charge in [-0.05, 0) is 50.8 Å². The van der Waals surface area contributed by atoms with Crippen molar-refractivity contribution in [1.82, 2.24) is 14.8 Å². The molecular formula is C24H32BF2N4O3+. The first-order valence-corrected chi connectivity index (χ1v) is 11.8. The molecule has 2 aliphatic heterocycles. The van der Waals surface area contributed by atoms with Crippen LogP contribution in [0.25, 0.3) is 5.57 Å². The molecule has 1 N–H and O–H groups in total. The van der Waals surface area contributed by atoms with Crippen molar-refractivity contribution in [3.63, 3.8) is 0 Å². The molecular weight excluding hydrogens is 441 g/mol. The van der Waals surface area contributed by atoms with Gasteiger partial charge in [0.05, 0.1) is 5.69 Å². The highest BCUT2D eigenvalue weighted by molar-refractivity contribution is 6.34. The number of rotatable bonds is 11. The zero-order valence-electron chi connectivity index (χ0n) is 19.8. The number of aryl methyl sites for hydroxylation is 1. The van der Waals surface area contributed by atoms with Crippen LogP contribution in [0, 0.1) is 11.3 Å². The van der Waals surface area contributed by atoms with Crippen molar-refractivity contribution in [3.8, 4) is 0 Å². The summed E-state index contributed by atoms with van der Waals surface area (Å²) in [6.45, 7) is 2.21. The summed E-state index contributed by atoms with van der Waals surface area (Å²) in [6, 6.07) is 3.89. The van der Waals surface area contributed by atoms with E-state index in [4.69, 9.17) is 4.74 Å². The number of amides is 1. The number of hydrogen-bond acceptors (Lipinski definition) is 4. The van der Waals surface area contributed by atoms with Gasteiger partial charge >= 0.3 is 7.40 Å². The van der Waals surface area contributed by atoms with E-state index >= 15 is 0 Å². The highest BCUT2D eigenvalue weighted by Crippen LogP contribution is 2.54. The monoisotopic (exact) mass is 473 g/mol. The zero-order valence-corrected chi connectivity index (χ0v) is 19.8. The van der Waals surface area contributed by atoms with Crippen molar-refractivity contribution in [1.29, 1.82) is 0 Å². The number of likely N-dealkylation sites (tertiary alicyclic amines) is 1. The summed E-state index contributed by atoms with van der Waals surface area (Å²) >= 11 is 0. The van der Waals surface area contributed by atoms with Gasteiger partial charge in [-0.15, -0.1) is 0 Å². The first-order valence-electron chi connectivity index (χ1n) is 11.8. The van der Waals surface area contributed by atoms with Gasteiger partial charge in [0.25, 0.3) is 6.47 Å². The van der Waals surface area contributed by atoms with Crippen LogP contribution in [0.3, 0.4) is 0 Å². The second kappa shape index (κ2) is 10.3. The SMILES string of the molecule is CNC(CCC(=O)N1CC2(CC(C/C(=C3\C=CC=[N+]3B(F)F)c3cccn3C)C2)C1)COC=O. The van der Waals surface area contributed by atoms with E-state index < -0.39 is 7.40 Å². The number of carbonyl (C=O) groups is 2. The molecule has 3 aliphatic rings. The van der Waals surface area contributed by atoms with Crippen LogP contribution in [-0.4, -0.2) is 72.7 Å². The van der Waals surface area contributed by atoms with E-state index in [-0.39, 0.29) is 24.0 Å². The summed E-state index contributed by atoms with van der Waals surface area (Å²) in [4.78, 5) is 24.8. The lowest BCUT2D eigenvalue weighted by atomic mass is 9.56. The third-order valence-corrected chi connectivity index (χ3v) is 7.37. The summed E-state index contributed by atoms with van der Waals surface area (Å²) in [6.07, 6.45) is 10.6. The number of nitrogens with zero attached hydrogens (tertiary/aromatic N) is 3. The number of hydrogen-bond donors (Lipinski definition) is 1. The topological polar surface area (TPSA) is 66.6 Å². The van der Waals surface area contributed by atoms with E-state index in [1.54, 1.807) is 19.2 Å². The van der Waals surface area contributed by atoms with Crippen molar-refractivity contribution in [2.45, 2.75) is 38.1 Å². The fourth-order valence-electron chi connectivity index (χ4n) is 5.65. The fraction of sp³-hybridized carbons (Fsp3) is 0.542. The molecule has 7 nitrogen and oxygen atoms in total. The van der Waals surface area contributed by atoms with Crippen molar-refractivity contribution >= 4 is 31.6 Å². The third kappa shape index (κ3) is 5.01. The maximum absolute atomic E-state index is 13.6. The molecule has 1 amide bonds. The summed E-state index contributed by atoms with van der Waals surface area (Å²) in [5.41, 5.74) is 2.65. The first kappa shape index (κ1) is 24.4. The predicted octanol–water partition coefficient (Wildman–Crippen LogP) is 2.48. The van der Waals surface area contributed by atoms with Crippen LogP contribution in [0.4, 0.5) is 8.63 Å². The van der Waals surface area contributed by atoms with Crippen LogP contribution in [0.2, 0.25) is 0 Å². The Kier molecular flexibility index (Phi) is 7.35. The van der Waals surface area contributed by atoms with Gasteiger partial charge in [0.15, 0.2) is 5.70 Å². The van der Waals surface area contributed by atoms with Crippen molar-refractivity contribution in [2.75, 3.05) is 26.7 Å². The van der Waals surface area contributed by atoms with Crippen LogP contribution < -0.4 is 5.32 Å². The highest BCUT2D eigenvalue weighted by Gasteiger charge is 2.53. The number of ether oxygens (including phenoxy) is 1. The average molecular weight is 473 g/mol. The minimum Gasteiger partial charge on any atom is -0.466 e. The van der Waals surface area contributed by atoms with Gasteiger partial charge in [0.2, 0.25) is 5.91 Å². The van der Waals surface area contributed by atoms with Crippen LogP contribution in [0.1, 0.15) is 37.8 Å². The standard InChI is InChI=1S/C24H32BF2N4O3/c1-28-19(14-34-17-32)7-8-23(33)30-15-24(16-30)12-18(13-24)11-20(21-5-3-9-29(21)2)22-6-4-10-31(22)25(26)27/h3-6,9-10,17-19,28H,7-8,11-16H2,1-2H3/q+1. The van der Waals surface area contributed by atoms with Crippen molar-refractivity contribution in [2.24, 2.45) is 18.4 Å². The van der Waals surface area contributed by atoms with Gasteiger partial charge in [0.1, 0.15) is 12.8 Å². The number of carbonyl (C=O) groups excluding carboxylic acids is 2. The Balaban J connectivity index is 1.32. The van der Waals surface area contributed by atoms with E-state index in [1.807, 2.05) is 34.8 Å². The number of likely N-dealkylation sites (N-methyl/N-ethyl adjacent to an activating group) is 1. The number of nitrogens with one attached hydrogen (secondary N) is 1. The van der Waals surface area contributed by atoms with Gasteiger partial charge in [0, 0.05) is 61.9 Å². The van der Waals surface area contributed by atoms with Gasteiger partial charge < -0.3 is 19.5 Å². The fourth-order valence-corrected chi connectivity index (χ4v) is 5.65. The lowest BCUT2D eigenvalue weighted by molar-refractivity contribution is -0.336. The van der Waals surface area contributed by atoms with Gasteiger partial charge in [-0.2, -0.15) is 0 Å². The van der Waals surface area contributed by atoms with Crippen LogP contribution in [0.5, 0.6) is 0 Å². The highest BCUT2D eigenvalue weighted by atomic mass is 19.2. The molecule has 3 heterocycles.